The zero-order valence-electron chi connectivity index (χ0n) is 13.5. The van der Waals surface area contributed by atoms with Gasteiger partial charge in [-0.3, -0.25) is 4.79 Å². The summed E-state index contributed by atoms with van der Waals surface area (Å²) in [4.78, 5) is 12.9. The van der Waals surface area contributed by atoms with E-state index in [1.807, 2.05) is 20.8 Å². The number of carbonyl (C=O) groups is 1. The van der Waals surface area contributed by atoms with E-state index in [0.717, 1.165) is 16.9 Å². The predicted molar refractivity (Wildman–Crippen MR) is 80.7 cm³/mol. The lowest BCUT2D eigenvalue weighted by molar-refractivity contribution is -0.137. The summed E-state index contributed by atoms with van der Waals surface area (Å²) in [7, 11) is 0. The summed E-state index contributed by atoms with van der Waals surface area (Å²) in [5.41, 5.74) is -0.605. The Bertz CT molecular complexity index is 711. The molecule has 24 heavy (non-hydrogen) atoms. The topological polar surface area (TPSA) is 72.7 Å². The smallest absolute Gasteiger partial charge is 0.352 e. The van der Waals surface area contributed by atoms with Crippen LogP contribution in [0, 0.1) is 5.92 Å². The molecular weight excluding hydrogens is 323 g/mol. The van der Waals surface area contributed by atoms with Gasteiger partial charge in [0.1, 0.15) is 6.54 Å². The number of aromatic nitrogens is 4. The molecule has 1 amide bonds. The van der Waals surface area contributed by atoms with E-state index in [1.165, 1.54) is 12.1 Å². The van der Waals surface area contributed by atoms with Crippen molar-refractivity contribution in [1.82, 2.24) is 25.5 Å². The Morgan fingerprint density at radius 2 is 2.00 bits per heavy atom. The van der Waals surface area contributed by atoms with E-state index in [4.69, 9.17) is 0 Å². The lowest BCUT2D eigenvalue weighted by Gasteiger charge is -2.16. The van der Waals surface area contributed by atoms with Crippen LogP contribution in [-0.2, 0) is 17.5 Å². The molecule has 0 saturated carbocycles. The maximum Gasteiger partial charge on any atom is 0.416 e. The lowest BCUT2D eigenvalue weighted by atomic mass is 10.1. The van der Waals surface area contributed by atoms with E-state index in [9.17, 15) is 18.0 Å². The van der Waals surface area contributed by atoms with Crippen molar-refractivity contribution in [2.75, 3.05) is 0 Å². The van der Waals surface area contributed by atoms with Crippen LogP contribution in [0.4, 0.5) is 13.2 Å². The van der Waals surface area contributed by atoms with E-state index in [1.54, 1.807) is 0 Å². The highest BCUT2D eigenvalue weighted by Crippen LogP contribution is 2.31. The molecule has 1 N–H and O–H groups in total. The van der Waals surface area contributed by atoms with Gasteiger partial charge in [-0.2, -0.15) is 18.0 Å². The van der Waals surface area contributed by atoms with Crippen LogP contribution in [-0.4, -0.2) is 32.2 Å². The minimum Gasteiger partial charge on any atom is -0.352 e. The number of rotatable bonds is 5. The minimum absolute atomic E-state index is 0.0102. The molecule has 6 nitrogen and oxygen atoms in total. The Morgan fingerprint density at radius 3 is 2.62 bits per heavy atom. The van der Waals surface area contributed by atoms with Gasteiger partial charge in [-0.1, -0.05) is 26.0 Å². The summed E-state index contributed by atoms with van der Waals surface area (Å²) in [6, 6.07) is 4.63. The molecule has 1 aromatic carbocycles. The first-order valence-corrected chi connectivity index (χ1v) is 7.41. The third kappa shape index (κ3) is 4.53. The molecule has 0 spiro atoms. The van der Waals surface area contributed by atoms with E-state index in [2.05, 4.69) is 20.7 Å². The Morgan fingerprint density at radius 1 is 1.29 bits per heavy atom. The van der Waals surface area contributed by atoms with Crippen molar-refractivity contribution >= 4 is 5.91 Å². The first kappa shape index (κ1) is 17.9. The number of nitrogens with zero attached hydrogens (tertiary/aromatic N) is 4. The number of alkyl halides is 3. The fourth-order valence-corrected chi connectivity index (χ4v) is 1.86. The number of carbonyl (C=O) groups excluding carboxylic acids is 1. The van der Waals surface area contributed by atoms with Gasteiger partial charge in [0, 0.05) is 11.6 Å². The molecule has 130 valence electrons. The summed E-state index contributed by atoms with van der Waals surface area (Å²) in [5, 5.41) is 14.2. The normalized spacial score (nSPS) is 13.1. The molecule has 2 aromatic rings. The maximum absolute atomic E-state index is 12.7. The van der Waals surface area contributed by atoms with Gasteiger partial charge in [-0.25, -0.2) is 0 Å². The predicted octanol–water partition coefficient (Wildman–Crippen LogP) is 2.52. The summed E-state index contributed by atoms with van der Waals surface area (Å²) >= 11 is 0. The van der Waals surface area contributed by atoms with Crippen molar-refractivity contribution in [2.45, 2.75) is 39.5 Å². The fourth-order valence-electron chi connectivity index (χ4n) is 1.86. The van der Waals surface area contributed by atoms with Gasteiger partial charge in [0.15, 0.2) is 0 Å². The van der Waals surface area contributed by atoms with Gasteiger partial charge in [0.05, 0.1) is 5.56 Å². The average Bonchev–Trinajstić information content (AvgIpc) is 2.94. The molecule has 0 bridgehead atoms. The van der Waals surface area contributed by atoms with E-state index in [0.29, 0.717) is 0 Å². The Labute approximate surface area is 137 Å². The molecule has 1 atom stereocenters. The highest BCUT2D eigenvalue weighted by atomic mass is 19.4. The average molecular weight is 341 g/mol. The van der Waals surface area contributed by atoms with Crippen molar-refractivity contribution in [3.05, 3.63) is 29.8 Å². The molecular formula is C15H18F3N5O. The Hall–Kier alpha value is -2.45. The third-order valence-corrected chi connectivity index (χ3v) is 3.57. The van der Waals surface area contributed by atoms with Crippen LogP contribution in [0.15, 0.2) is 24.3 Å². The summed E-state index contributed by atoms with van der Waals surface area (Å²) in [6.45, 7) is 5.68. The number of tetrazole rings is 1. The zero-order valence-corrected chi connectivity index (χ0v) is 13.5. The first-order chi connectivity index (χ1) is 11.2. The molecule has 0 saturated heterocycles. The second-order valence-corrected chi connectivity index (χ2v) is 5.82. The Kier molecular flexibility index (Phi) is 5.20. The van der Waals surface area contributed by atoms with Crippen LogP contribution < -0.4 is 5.32 Å². The summed E-state index contributed by atoms with van der Waals surface area (Å²) in [6.07, 6.45) is -4.45. The number of benzene rings is 1. The number of nitrogens with one attached hydrogen (secondary N) is 1. The minimum atomic E-state index is -4.45. The highest BCUT2D eigenvalue weighted by molar-refractivity contribution is 5.75. The molecule has 1 aromatic heterocycles. The van der Waals surface area contributed by atoms with E-state index >= 15 is 0 Å². The summed E-state index contributed by atoms with van der Waals surface area (Å²) in [5.74, 6) is 0.0216. The molecule has 0 aliphatic rings. The van der Waals surface area contributed by atoms with E-state index in [-0.39, 0.29) is 35.8 Å². The lowest BCUT2D eigenvalue weighted by Crippen LogP contribution is -2.38. The quantitative estimate of drug-likeness (QED) is 0.907. The van der Waals surface area contributed by atoms with Gasteiger partial charge in [0.25, 0.3) is 0 Å². The standard InChI is InChI=1S/C15H18F3N5O/c1-9(2)10(3)19-13(24)8-23-21-14(20-22-23)11-5-4-6-12(7-11)15(16,17)18/h4-7,9-10H,8H2,1-3H3,(H,19,24)/t10-/m0/s1. The maximum atomic E-state index is 12.7. The van der Waals surface area contributed by atoms with Crippen molar-refractivity contribution in [3.63, 3.8) is 0 Å². The van der Waals surface area contributed by atoms with Gasteiger partial charge < -0.3 is 5.32 Å². The van der Waals surface area contributed by atoms with Crippen molar-refractivity contribution in [3.8, 4) is 11.4 Å². The molecule has 2 rings (SSSR count). The van der Waals surface area contributed by atoms with Crippen molar-refractivity contribution in [2.24, 2.45) is 5.92 Å². The number of amides is 1. The Balaban J connectivity index is 2.10. The van der Waals surface area contributed by atoms with Crippen LogP contribution in [0.25, 0.3) is 11.4 Å². The van der Waals surface area contributed by atoms with Crippen molar-refractivity contribution in [1.29, 1.82) is 0 Å². The monoisotopic (exact) mass is 341 g/mol. The van der Waals surface area contributed by atoms with Crippen molar-refractivity contribution < 1.29 is 18.0 Å². The van der Waals surface area contributed by atoms with Crippen LogP contribution in [0.1, 0.15) is 26.3 Å². The SMILES string of the molecule is CC(C)[C@H](C)NC(=O)Cn1nnc(-c2cccc(C(F)(F)F)c2)n1. The van der Waals surface area contributed by atoms with Crippen LogP contribution in [0.3, 0.4) is 0 Å². The van der Waals surface area contributed by atoms with Gasteiger partial charge in [-0.05, 0) is 30.2 Å². The summed E-state index contributed by atoms with van der Waals surface area (Å²) < 4.78 is 38.2. The second kappa shape index (κ2) is 6.98. The zero-order chi connectivity index (χ0) is 17.9. The first-order valence-electron chi connectivity index (χ1n) is 7.41. The molecule has 0 unspecified atom stereocenters. The molecule has 0 aliphatic heterocycles. The molecule has 0 fully saturated rings. The highest BCUT2D eigenvalue weighted by Gasteiger charge is 2.30. The van der Waals surface area contributed by atoms with Gasteiger partial charge in [-0.15, -0.1) is 10.2 Å². The number of halogens is 3. The molecule has 1 heterocycles. The van der Waals surface area contributed by atoms with Gasteiger partial charge in [0.2, 0.25) is 11.7 Å². The number of hydrogen-bond donors (Lipinski definition) is 1. The molecule has 0 aliphatic carbocycles. The van der Waals surface area contributed by atoms with Crippen LogP contribution >= 0.6 is 0 Å². The molecule has 9 heteroatoms. The van der Waals surface area contributed by atoms with Crippen LogP contribution in [0.5, 0.6) is 0 Å². The van der Waals surface area contributed by atoms with Gasteiger partial charge >= 0.3 is 6.18 Å². The number of hydrogen-bond acceptors (Lipinski definition) is 4. The third-order valence-electron chi connectivity index (χ3n) is 3.57. The largest absolute Gasteiger partial charge is 0.416 e. The van der Waals surface area contributed by atoms with Crippen LogP contribution in [0.2, 0.25) is 0 Å². The second-order valence-electron chi connectivity index (χ2n) is 5.82. The molecule has 0 radical (unpaired) electrons. The van der Waals surface area contributed by atoms with E-state index < -0.39 is 11.7 Å². The fraction of sp³-hybridized carbons (Fsp3) is 0.467.